The SMILES string of the molecule is C#C.C=C.CCC.CCOP(=O)(CCCC(N)=O)OCC.[B]Cc1ccc(NC(=O)[C@H](CCCNC(N)=O)NC(=O)CNC(=O)CCOCCN2C(=O)C=CC2=O)cc1CN(C)C(=O)CCC(=O)O. The van der Waals surface area contributed by atoms with E-state index >= 15 is 0 Å². The molecule has 1 aromatic rings. The Balaban J connectivity index is -0.00000174. The number of imide groups is 1. The van der Waals surface area contributed by atoms with Gasteiger partial charge in [0, 0.05) is 57.2 Å². The highest BCUT2D eigenvalue weighted by molar-refractivity contribution is 7.53. The van der Waals surface area contributed by atoms with Gasteiger partial charge in [-0.1, -0.05) is 38.2 Å². The maximum absolute atomic E-state index is 13.3. The number of aliphatic carboxylic acids is 1. The summed E-state index contributed by atoms with van der Waals surface area (Å²) in [5.41, 5.74) is 11.7. The lowest BCUT2D eigenvalue weighted by atomic mass is 9.92. The summed E-state index contributed by atoms with van der Waals surface area (Å²) >= 11 is 0. The zero-order valence-electron chi connectivity index (χ0n) is 40.6. The summed E-state index contributed by atoms with van der Waals surface area (Å²) in [6.07, 6.45) is 12.4. The van der Waals surface area contributed by atoms with Crippen LogP contribution in [0.1, 0.15) is 90.2 Å². The molecule has 0 saturated carbocycles. The number of carboxylic acids is 1. The van der Waals surface area contributed by atoms with Crippen molar-refractivity contribution in [2.75, 3.05) is 64.6 Å². The van der Waals surface area contributed by atoms with E-state index in [2.05, 4.69) is 61.1 Å². The van der Waals surface area contributed by atoms with Crippen molar-refractivity contribution in [3.8, 4) is 12.8 Å². The van der Waals surface area contributed by atoms with Gasteiger partial charge in [-0.05, 0) is 50.8 Å². The van der Waals surface area contributed by atoms with Gasteiger partial charge in [-0.3, -0.25) is 47.8 Å². The number of urea groups is 1. The Bertz CT molecular complexity index is 1860. The average Bonchev–Trinajstić information content (AvgIpc) is 3.62. The Kier molecular flexibility index (Phi) is 39.5. The van der Waals surface area contributed by atoms with Gasteiger partial charge in [0.1, 0.15) is 6.04 Å². The van der Waals surface area contributed by atoms with Gasteiger partial charge < -0.3 is 56.5 Å². The molecule has 0 unspecified atom stereocenters. The normalized spacial score (nSPS) is 11.6. The predicted octanol–water partition coefficient (Wildman–Crippen LogP) is 2.48. The van der Waals surface area contributed by atoms with Crippen molar-refractivity contribution in [3.63, 3.8) is 0 Å². The van der Waals surface area contributed by atoms with Gasteiger partial charge in [-0.25, -0.2) is 4.79 Å². The van der Waals surface area contributed by atoms with Crippen molar-refractivity contribution in [2.24, 2.45) is 11.5 Å². The first-order valence-corrected chi connectivity index (χ1v) is 23.8. The highest BCUT2D eigenvalue weighted by atomic mass is 31.2. The van der Waals surface area contributed by atoms with Gasteiger partial charge in [-0.2, -0.15) is 0 Å². The Morgan fingerprint density at radius 3 is 1.99 bits per heavy atom. The number of nitrogens with two attached hydrogens (primary N) is 2. The number of amides is 9. The molecule has 9 amide bonds. The first kappa shape index (κ1) is 66.9. The number of terminal acetylenes is 1. The standard InChI is InChI=1S/C30H40BN7O10.C8H18NO4P.C3H8.C2H4.C2H2/c1-37(25(41)8-9-28(44)45)18-20-15-21(5-4-19(20)16-31)35-29(46)22(3-2-11-33-30(32)47)36-24(40)17-34-23(39)10-13-48-14-12-38-26(42)6-7-27(38)43;1-3-12-14(11,13-4-2)7-5-6-8(9)10;1-3-2;2*1-2/h4-7,15,22H,2-3,8-14,16-18H2,1H3,(H,34,39)(H,35,46)(H,36,40)(H,44,45)(H3,32,33,47);3-7H2,1-2H3,(H2,9,10);3H2,1-2H3;1-2H2;1-2H/t22-;;;;/m0..../s1. The molecule has 1 aliphatic heterocycles. The summed E-state index contributed by atoms with van der Waals surface area (Å²) < 4.78 is 27.2. The number of carboxylic acid groups (broad SMARTS) is 1. The number of rotatable bonds is 29. The van der Waals surface area contributed by atoms with Crippen LogP contribution in [0.25, 0.3) is 0 Å². The Morgan fingerprint density at radius 1 is 0.870 bits per heavy atom. The number of primary amides is 2. The van der Waals surface area contributed by atoms with E-state index in [9.17, 15) is 47.7 Å². The van der Waals surface area contributed by atoms with Crippen molar-refractivity contribution in [1.29, 1.82) is 0 Å². The molecule has 0 bridgehead atoms. The molecule has 384 valence electrons. The molecule has 0 fully saturated rings. The summed E-state index contributed by atoms with van der Waals surface area (Å²) in [7, 11) is 4.39. The molecule has 1 heterocycles. The first-order chi connectivity index (χ1) is 32.7. The number of hydrogen-bond acceptors (Lipinski definition) is 13. The molecule has 2 radical (unpaired) electrons. The van der Waals surface area contributed by atoms with Crippen LogP contribution in [-0.2, 0) is 69.6 Å². The van der Waals surface area contributed by atoms with Crippen LogP contribution in [0, 0.1) is 12.8 Å². The van der Waals surface area contributed by atoms with Crippen LogP contribution in [0.5, 0.6) is 0 Å². The highest BCUT2D eigenvalue weighted by Crippen LogP contribution is 2.48. The zero-order chi connectivity index (χ0) is 53.4. The fourth-order valence-corrected chi connectivity index (χ4v) is 7.07. The fraction of sp³-hybridized carbons (Fsp3) is 0.533. The Hall–Kier alpha value is -6.34. The second-order valence-electron chi connectivity index (χ2n) is 14.1. The van der Waals surface area contributed by atoms with E-state index in [0.717, 1.165) is 17.1 Å². The molecule has 0 aliphatic carbocycles. The zero-order valence-corrected chi connectivity index (χ0v) is 41.5. The lowest BCUT2D eigenvalue weighted by Crippen LogP contribution is -2.47. The molecular formula is C45H72BN8O14P. The number of ether oxygens (including phenoxy) is 1. The van der Waals surface area contributed by atoms with Crippen molar-refractivity contribution in [1.82, 2.24) is 25.8 Å². The summed E-state index contributed by atoms with van der Waals surface area (Å²) in [6, 6.07) is 3.07. The molecule has 9 N–H and O–H groups in total. The molecule has 0 saturated heterocycles. The van der Waals surface area contributed by atoms with Crippen LogP contribution >= 0.6 is 7.60 Å². The van der Waals surface area contributed by atoms with Gasteiger partial charge in [0.15, 0.2) is 0 Å². The molecule has 1 aromatic carbocycles. The maximum atomic E-state index is 13.3. The number of benzene rings is 1. The minimum Gasteiger partial charge on any atom is -0.481 e. The van der Waals surface area contributed by atoms with Gasteiger partial charge in [-0.15, -0.1) is 26.0 Å². The molecule has 2 rings (SSSR count). The minimum atomic E-state index is -2.98. The van der Waals surface area contributed by atoms with Crippen molar-refractivity contribution < 1.29 is 66.6 Å². The van der Waals surface area contributed by atoms with Crippen molar-refractivity contribution >= 4 is 74.5 Å². The van der Waals surface area contributed by atoms with Crippen LogP contribution < -0.4 is 32.7 Å². The Labute approximate surface area is 407 Å². The average molecular weight is 991 g/mol. The topological polar surface area (TPSA) is 325 Å². The maximum Gasteiger partial charge on any atom is 0.330 e. The second kappa shape index (κ2) is 40.7. The molecule has 22 nitrogen and oxygen atoms in total. The number of carbonyl (C=O) groups excluding carboxylic acids is 8. The number of anilines is 1. The van der Waals surface area contributed by atoms with Crippen molar-refractivity contribution in [2.45, 2.75) is 98.0 Å². The van der Waals surface area contributed by atoms with Crippen LogP contribution in [0.4, 0.5) is 10.5 Å². The third-order valence-corrected chi connectivity index (χ3v) is 10.7. The lowest BCUT2D eigenvalue weighted by Gasteiger charge is -2.21. The molecule has 69 heavy (non-hydrogen) atoms. The van der Waals surface area contributed by atoms with E-state index in [1.165, 1.54) is 18.4 Å². The van der Waals surface area contributed by atoms with E-state index in [-0.39, 0.29) is 89.8 Å². The van der Waals surface area contributed by atoms with Crippen LogP contribution in [0.15, 0.2) is 43.5 Å². The summed E-state index contributed by atoms with van der Waals surface area (Å²) in [5.74, 6) is -4.51. The number of nitrogens with zero attached hydrogens (tertiary/aromatic N) is 2. The summed E-state index contributed by atoms with van der Waals surface area (Å²) in [6.45, 7) is 14.3. The monoisotopic (exact) mass is 990 g/mol. The van der Waals surface area contributed by atoms with Gasteiger partial charge in [0.2, 0.25) is 29.5 Å². The van der Waals surface area contributed by atoms with Gasteiger partial charge in [0.05, 0.1) is 59.9 Å². The molecule has 1 aliphatic rings. The molecular weight excluding hydrogens is 918 g/mol. The third-order valence-electron chi connectivity index (χ3n) is 8.49. The number of carbonyl (C=O) groups is 9. The van der Waals surface area contributed by atoms with Gasteiger partial charge in [0.25, 0.3) is 11.8 Å². The molecule has 0 spiro atoms. The number of nitrogens with one attached hydrogen (secondary N) is 4. The minimum absolute atomic E-state index is 0.0216. The second-order valence-corrected chi connectivity index (χ2v) is 16.3. The van der Waals surface area contributed by atoms with E-state index in [1.807, 2.05) is 0 Å². The smallest absolute Gasteiger partial charge is 0.330 e. The summed E-state index contributed by atoms with van der Waals surface area (Å²) in [5, 5.41) is 19.0. The van der Waals surface area contributed by atoms with Crippen molar-refractivity contribution in [3.05, 3.63) is 54.6 Å². The summed E-state index contributed by atoms with van der Waals surface area (Å²) in [4.78, 5) is 108. The third kappa shape index (κ3) is 32.9. The molecule has 1 atom stereocenters. The largest absolute Gasteiger partial charge is 0.481 e. The molecule has 24 heteroatoms. The van der Waals surface area contributed by atoms with E-state index in [0.29, 0.717) is 36.4 Å². The van der Waals surface area contributed by atoms with E-state index in [1.54, 1.807) is 32.0 Å². The predicted molar refractivity (Wildman–Crippen MR) is 262 cm³/mol. The van der Waals surface area contributed by atoms with Crippen LogP contribution in [0.3, 0.4) is 0 Å². The highest BCUT2D eigenvalue weighted by Gasteiger charge is 2.25. The van der Waals surface area contributed by atoms with E-state index < -0.39 is 67.6 Å². The quantitative estimate of drug-likeness (QED) is 0.0152. The van der Waals surface area contributed by atoms with Crippen LogP contribution in [-0.4, -0.2) is 141 Å². The van der Waals surface area contributed by atoms with E-state index in [4.69, 9.17) is 38.2 Å². The molecule has 0 aromatic heterocycles. The Morgan fingerprint density at radius 2 is 1.46 bits per heavy atom. The lowest BCUT2D eigenvalue weighted by molar-refractivity contribution is -0.140. The first-order valence-electron chi connectivity index (χ1n) is 22.0. The number of hydrogen-bond donors (Lipinski definition) is 7. The fourth-order valence-electron chi connectivity index (χ4n) is 5.41. The van der Waals surface area contributed by atoms with Crippen LogP contribution in [0.2, 0.25) is 0 Å². The van der Waals surface area contributed by atoms with Gasteiger partial charge >= 0.3 is 19.6 Å².